The van der Waals surface area contributed by atoms with E-state index < -0.39 is 0 Å². The van der Waals surface area contributed by atoms with Crippen LogP contribution in [0.15, 0.2) is 24.4 Å². The summed E-state index contributed by atoms with van der Waals surface area (Å²) in [6, 6.07) is 1.98. The van der Waals surface area contributed by atoms with Crippen molar-refractivity contribution < 1.29 is 0 Å². The van der Waals surface area contributed by atoms with Gasteiger partial charge in [0.2, 0.25) is 0 Å². The van der Waals surface area contributed by atoms with Crippen LogP contribution < -0.4 is 10.2 Å². The lowest BCUT2D eigenvalue weighted by Gasteiger charge is -2.25. The normalized spacial score (nSPS) is 15.5. The van der Waals surface area contributed by atoms with Gasteiger partial charge in [-0.3, -0.25) is 0 Å². The number of nitrogens with zero attached hydrogens (tertiary/aromatic N) is 2. The molecule has 0 spiro atoms. The molecule has 2 heterocycles. The smallest absolute Gasteiger partial charge is 0.147 e. The highest BCUT2D eigenvalue weighted by Crippen LogP contribution is 2.25. The zero-order valence-electron chi connectivity index (χ0n) is 9.41. The Kier molecular flexibility index (Phi) is 3.80. The van der Waals surface area contributed by atoms with Crippen LogP contribution in [0.1, 0.15) is 12.0 Å². The van der Waals surface area contributed by atoms with Gasteiger partial charge in [-0.05, 0) is 25.1 Å². The standard InChI is InChI=1S/C12H16ClN3/c1-14-8-10-7-11(13)12(15-9-10)16-5-3-2-4-6-16/h2-3,7,9,14H,4-6,8H2,1H3. The topological polar surface area (TPSA) is 28.2 Å². The molecule has 1 N–H and O–H groups in total. The Hall–Kier alpha value is -1.06. The van der Waals surface area contributed by atoms with Gasteiger partial charge in [0.25, 0.3) is 0 Å². The summed E-state index contributed by atoms with van der Waals surface area (Å²) in [7, 11) is 1.91. The summed E-state index contributed by atoms with van der Waals surface area (Å²) in [6.45, 7) is 2.69. The molecule has 0 atom stereocenters. The largest absolute Gasteiger partial charge is 0.351 e. The van der Waals surface area contributed by atoms with Crippen LogP contribution in [0.2, 0.25) is 5.02 Å². The molecule has 1 aromatic rings. The van der Waals surface area contributed by atoms with Crippen molar-refractivity contribution >= 4 is 17.4 Å². The minimum Gasteiger partial charge on any atom is -0.351 e. The van der Waals surface area contributed by atoms with E-state index in [0.717, 1.165) is 42.5 Å². The zero-order chi connectivity index (χ0) is 11.4. The highest BCUT2D eigenvalue weighted by atomic mass is 35.5. The SMILES string of the molecule is CNCc1cnc(N2CC=CCC2)c(Cl)c1. The van der Waals surface area contributed by atoms with E-state index in [9.17, 15) is 0 Å². The molecule has 0 aliphatic carbocycles. The third-order valence-electron chi connectivity index (χ3n) is 2.62. The average Bonchev–Trinajstić information content (AvgIpc) is 2.31. The lowest BCUT2D eigenvalue weighted by molar-refractivity contribution is 0.792. The Morgan fingerprint density at radius 2 is 2.38 bits per heavy atom. The van der Waals surface area contributed by atoms with Crippen molar-refractivity contribution in [2.45, 2.75) is 13.0 Å². The molecule has 0 bridgehead atoms. The lowest BCUT2D eigenvalue weighted by Crippen LogP contribution is -2.28. The fraction of sp³-hybridized carbons (Fsp3) is 0.417. The first-order valence-electron chi connectivity index (χ1n) is 5.50. The predicted molar refractivity (Wildman–Crippen MR) is 68.0 cm³/mol. The Labute approximate surface area is 101 Å². The summed E-state index contributed by atoms with van der Waals surface area (Å²) in [5, 5.41) is 3.83. The monoisotopic (exact) mass is 237 g/mol. The molecule has 0 saturated carbocycles. The van der Waals surface area contributed by atoms with Gasteiger partial charge in [0.15, 0.2) is 0 Å². The molecule has 3 nitrogen and oxygen atoms in total. The summed E-state index contributed by atoms with van der Waals surface area (Å²) in [5.74, 6) is 0.894. The van der Waals surface area contributed by atoms with Gasteiger partial charge in [-0.15, -0.1) is 0 Å². The maximum absolute atomic E-state index is 6.24. The van der Waals surface area contributed by atoms with Gasteiger partial charge in [-0.25, -0.2) is 4.98 Å². The van der Waals surface area contributed by atoms with Gasteiger partial charge >= 0.3 is 0 Å². The molecule has 4 heteroatoms. The van der Waals surface area contributed by atoms with E-state index in [-0.39, 0.29) is 0 Å². The summed E-state index contributed by atoms with van der Waals surface area (Å²) in [6.07, 6.45) is 7.30. The van der Waals surface area contributed by atoms with Crippen molar-refractivity contribution in [1.29, 1.82) is 0 Å². The maximum Gasteiger partial charge on any atom is 0.147 e. The highest BCUT2D eigenvalue weighted by molar-refractivity contribution is 6.33. The number of hydrogen-bond donors (Lipinski definition) is 1. The Bertz CT molecular complexity index is 390. The molecular weight excluding hydrogens is 222 g/mol. The van der Waals surface area contributed by atoms with Crippen LogP contribution in [0, 0.1) is 0 Å². The third kappa shape index (κ3) is 2.54. The van der Waals surface area contributed by atoms with Gasteiger partial charge < -0.3 is 10.2 Å². The molecule has 16 heavy (non-hydrogen) atoms. The fourth-order valence-electron chi connectivity index (χ4n) is 1.84. The number of nitrogens with one attached hydrogen (secondary N) is 1. The Morgan fingerprint density at radius 1 is 1.50 bits per heavy atom. The van der Waals surface area contributed by atoms with E-state index in [1.54, 1.807) is 0 Å². The van der Waals surface area contributed by atoms with E-state index in [1.807, 2.05) is 19.3 Å². The highest BCUT2D eigenvalue weighted by Gasteiger charge is 2.12. The summed E-state index contributed by atoms with van der Waals surface area (Å²) < 4.78 is 0. The second-order valence-corrected chi connectivity index (χ2v) is 4.29. The van der Waals surface area contributed by atoms with Gasteiger partial charge in [0.1, 0.15) is 5.82 Å². The average molecular weight is 238 g/mol. The van der Waals surface area contributed by atoms with Gasteiger partial charge in [-0.1, -0.05) is 23.8 Å². The molecule has 2 rings (SSSR count). The first-order chi connectivity index (χ1) is 7.81. The Morgan fingerprint density at radius 3 is 3.00 bits per heavy atom. The number of aromatic nitrogens is 1. The molecule has 0 aromatic carbocycles. The van der Waals surface area contributed by atoms with Gasteiger partial charge in [0.05, 0.1) is 5.02 Å². The van der Waals surface area contributed by atoms with Crippen molar-refractivity contribution in [3.63, 3.8) is 0 Å². The summed E-state index contributed by atoms with van der Waals surface area (Å²) in [4.78, 5) is 6.64. The molecule has 0 saturated heterocycles. The van der Waals surface area contributed by atoms with Crippen molar-refractivity contribution in [3.05, 3.63) is 35.0 Å². The number of rotatable bonds is 3. The van der Waals surface area contributed by atoms with Crippen LogP contribution in [0.3, 0.4) is 0 Å². The molecule has 0 unspecified atom stereocenters. The van der Waals surface area contributed by atoms with Crippen LogP contribution in [-0.4, -0.2) is 25.1 Å². The van der Waals surface area contributed by atoms with Crippen molar-refractivity contribution in [1.82, 2.24) is 10.3 Å². The van der Waals surface area contributed by atoms with Crippen LogP contribution in [0.25, 0.3) is 0 Å². The Balaban J connectivity index is 2.18. The number of anilines is 1. The number of hydrogen-bond acceptors (Lipinski definition) is 3. The predicted octanol–water partition coefficient (Wildman–Crippen LogP) is 2.22. The van der Waals surface area contributed by atoms with Gasteiger partial charge in [-0.2, -0.15) is 0 Å². The summed E-state index contributed by atoms with van der Waals surface area (Å²) >= 11 is 6.24. The van der Waals surface area contributed by atoms with Crippen molar-refractivity contribution in [2.75, 3.05) is 25.0 Å². The molecule has 1 aromatic heterocycles. The minimum absolute atomic E-state index is 0.739. The van der Waals surface area contributed by atoms with Crippen LogP contribution in [-0.2, 0) is 6.54 Å². The van der Waals surface area contributed by atoms with Crippen molar-refractivity contribution in [2.24, 2.45) is 0 Å². The zero-order valence-corrected chi connectivity index (χ0v) is 10.2. The molecule has 0 fully saturated rings. The molecule has 0 radical (unpaired) electrons. The third-order valence-corrected chi connectivity index (χ3v) is 2.90. The quantitative estimate of drug-likeness (QED) is 0.818. The number of halogens is 1. The fourth-order valence-corrected chi connectivity index (χ4v) is 2.15. The van der Waals surface area contributed by atoms with Gasteiger partial charge in [0, 0.05) is 25.8 Å². The van der Waals surface area contributed by atoms with E-state index in [2.05, 4.69) is 27.4 Å². The first-order valence-corrected chi connectivity index (χ1v) is 5.88. The van der Waals surface area contributed by atoms with Crippen LogP contribution in [0.5, 0.6) is 0 Å². The summed E-state index contributed by atoms with van der Waals surface area (Å²) in [5.41, 5.74) is 1.11. The molecule has 1 aliphatic heterocycles. The van der Waals surface area contributed by atoms with E-state index in [0.29, 0.717) is 0 Å². The molecule has 1 aliphatic rings. The number of pyridine rings is 1. The minimum atomic E-state index is 0.739. The second kappa shape index (κ2) is 5.32. The lowest BCUT2D eigenvalue weighted by atomic mass is 10.2. The van der Waals surface area contributed by atoms with Crippen molar-refractivity contribution in [3.8, 4) is 0 Å². The van der Waals surface area contributed by atoms with E-state index in [4.69, 9.17) is 11.6 Å². The van der Waals surface area contributed by atoms with Crippen LogP contribution in [0.4, 0.5) is 5.82 Å². The van der Waals surface area contributed by atoms with E-state index in [1.165, 1.54) is 0 Å². The maximum atomic E-state index is 6.24. The van der Waals surface area contributed by atoms with E-state index >= 15 is 0 Å². The second-order valence-electron chi connectivity index (χ2n) is 3.89. The molecular formula is C12H16ClN3. The van der Waals surface area contributed by atoms with Crippen LogP contribution >= 0.6 is 11.6 Å². The molecule has 86 valence electrons. The first kappa shape index (κ1) is 11.4. The molecule has 0 amide bonds.